The van der Waals surface area contributed by atoms with Gasteiger partial charge in [0, 0.05) is 29.4 Å². The van der Waals surface area contributed by atoms with Crippen molar-refractivity contribution in [2.45, 2.75) is 25.9 Å². The number of H-pyrrole nitrogens is 2. The molecule has 52 heavy (non-hydrogen) atoms. The Morgan fingerprint density at radius 2 is 1.02 bits per heavy atom. The normalized spacial score (nSPS) is 11.9. The lowest BCUT2D eigenvalue weighted by molar-refractivity contribution is 0.0929. The van der Waals surface area contributed by atoms with E-state index in [1.165, 1.54) is 12.4 Å². The minimum atomic E-state index is -2.61. The highest BCUT2D eigenvalue weighted by molar-refractivity contribution is 7.34. The Morgan fingerprint density at radius 1 is 0.615 bits per heavy atom. The smallest absolute Gasteiger partial charge is 0.345 e. The Bertz CT molecular complexity index is 2170. The van der Waals surface area contributed by atoms with Crippen LogP contribution in [0.4, 0.5) is 0 Å². The van der Waals surface area contributed by atoms with Gasteiger partial charge >= 0.3 is 8.25 Å². The monoisotopic (exact) mass is 717 g/mol. The quantitative estimate of drug-likeness (QED) is 0.123. The molecule has 0 bridgehead atoms. The molecule has 0 spiro atoms. The molecule has 0 saturated carbocycles. The third-order valence-corrected chi connectivity index (χ3v) is 8.44. The van der Waals surface area contributed by atoms with E-state index in [-0.39, 0.29) is 34.3 Å². The molecule has 0 fully saturated rings. The number of aromatic amines is 2. The van der Waals surface area contributed by atoms with E-state index in [1.54, 1.807) is 111 Å². The van der Waals surface area contributed by atoms with E-state index in [4.69, 9.17) is 9.05 Å². The van der Waals surface area contributed by atoms with Crippen molar-refractivity contribution < 1.29 is 23.2 Å². The maximum atomic E-state index is 12.8. The predicted octanol–water partition coefficient (Wildman–Crippen LogP) is 5.07. The fourth-order valence-corrected chi connectivity index (χ4v) is 5.55. The molecule has 4 heterocycles. The summed E-state index contributed by atoms with van der Waals surface area (Å²) in [5.41, 5.74) is 0.849. The summed E-state index contributed by atoms with van der Waals surface area (Å²) in [5.74, 6) is -0.183. The van der Waals surface area contributed by atoms with Crippen molar-refractivity contribution in [3.05, 3.63) is 153 Å². The summed E-state index contributed by atoms with van der Waals surface area (Å²) in [5, 5.41) is 5.53. The molecule has 6 aromatic rings. The van der Waals surface area contributed by atoms with Crippen molar-refractivity contribution in [3.8, 4) is 34.5 Å². The molecule has 260 valence electrons. The Morgan fingerprint density at radius 3 is 1.37 bits per heavy atom. The van der Waals surface area contributed by atoms with Gasteiger partial charge in [0.2, 0.25) is 0 Å². The standard InChI is InChI=1S/C36H29N8O7P/c1-21(41-33(45)27-19-39-31(43-35(27)47)29-7-3-5-17-37-29)23-9-13-25(14-10-23)50-52(49)51-26-15-11-24(12-16-26)22(2)42-34(46)28-20-40-32(44-36(28)48)30-8-4-6-18-38-30/h3-22H,1-2H3,(H3-,39,40,41,42,43,44,45,46,47,48)/p+1/t21-,22-/m1/s1. The van der Waals surface area contributed by atoms with E-state index < -0.39 is 43.3 Å². The van der Waals surface area contributed by atoms with Gasteiger partial charge in [-0.25, -0.2) is 19.0 Å². The molecule has 2 aromatic carbocycles. The number of hydrogen-bond donors (Lipinski definition) is 4. The van der Waals surface area contributed by atoms with Crippen LogP contribution in [0.15, 0.2) is 119 Å². The molecule has 0 saturated heterocycles. The van der Waals surface area contributed by atoms with Crippen LogP contribution in [-0.2, 0) is 4.57 Å². The van der Waals surface area contributed by atoms with Crippen LogP contribution in [0.2, 0.25) is 0 Å². The third-order valence-electron chi connectivity index (χ3n) is 7.72. The van der Waals surface area contributed by atoms with Crippen molar-refractivity contribution >= 4 is 20.1 Å². The fraction of sp³-hybridized carbons (Fsp3) is 0.111. The molecular formula is C36H30N8O7P+. The molecule has 0 unspecified atom stereocenters. The maximum Gasteiger partial charge on any atom is 0.805 e. The van der Waals surface area contributed by atoms with Crippen molar-refractivity contribution in [2.24, 2.45) is 0 Å². The molecule has 2 atom stereocenters. The molecule has 16 heteroatoms. The van der Waals surface area contributed by atoms with Crippen LogP contribution in [0.5, 0.6) is 11.5 Å². The van der Waals surface area contributed by atoms with Crippen molar-refractivity contribution in [1.29, 1.82) is 0 Å². The molecule has 4 N–H and O–H groups in total. The SMILES string of the molecule is C[C@@H](NC(=O)c1cnc(-c2ccccn2)[nH]c1=O)c1ccc(O[P+](=O)Oc2ccc([C@@H](C)NC(=O)c3cnc(-c4ccccn4)[nH]c3=O)cc2)cc1. The van der Waals surface area contributed by atoms with E-state index in [2.05, 4.69) is 40.5 Å². The molecule has 0 aliphatic heterocycles. The Hall–Kier alpha value is -6.86. The predicted molar refractivity (Wildman–Crippen MR) is 190 cm³/mol. The van der Waals surface area contributed by atoms with E-state index in [0.717, 1.165) is 0 Å². The zero-order valence-electron chi connectivity index (χ0n) is 27.6. The van der Waals surface area contributed by atoms with Gasteiger partial charge < -0.3 is 20.6 Å². The number of nitrogens with one attached hydrogen (secondary N) is 4. The minimum absolute atomic E-state index is 0.148. The van der Waals surface area contributed by atoms with E-state index >= 15 is 0 Å². The Kier molecular flexibility index (Phi) is 10.6. The molecule has 2 amide bonds. The number of aromatic nitrogens is 6. The molecule has 0 radical (unpaired) electrons. The van der Waals surface area contributed by atoms with E-state index in [1.807, 2.05) is 0 Å². The lowest BCUT2D eigenvalue weighted by Gasteiger charge is -2.14. The van der Waals surface area contributed by atoms with Gasteiger partial charge in [0.1, 0.15) is 22.5 Å². The average molecular weight is 718 g/mol. The van der Waals surface area contributed by atoms with E-state index in [9.17, 15) is 23.7 Å². The van der Waals surface area contributed by atoms with Gasteiger partial charge in [-0.2, -0.15) is 0 Å². The second kappa shape index (κ2) is 15.8. The van der Waals surface area contributed by atoms with Gasteiger partial charge in [-0.3, -0.25) is 29.1 Å². The summed E-state index contributed by atoms with van der Waals surface area (Å²) in [7, 11) is -2.61. The largest absolute Gasteiger partial charge is 0.805 e. The van der Waals surface area contributed by atoms with Crippen molar-refractivity contribution in [2.75, 3.05) is 0 Å². The zero-order chi connectivity index (χ0) is 36.6. The van der Waals surface area contributed by atoms with Gasteiger partial charge in [-0.05, 0) is 73.5 Å². The molecular weight excluding hydrogens is 687 g/mol. The second-order valence-corrected chi connectivity index (χ2v) is 12.1. The summed E-state index contributed by atoms with van der Waals surface area (Å²) in [6.45, 7) is 3.49. The average Bonchev–Trinajstić information content (AvgIpc) is 3.15. The Balaban J connectivity index is 0.987. The van der Waals surface area contributed by atoms with Crippen LogP contribution in [-0.4, -0.2) is 41.7 Å². The molecule has 15 nitrogen and oxygen atoms in total. The number of pyridine rings is 2. The van der Waals surface area contributed by atoms with Gasteiger partial charge in [-0.1, -0.05) is 36.4 Å². The summed E-state index contributed by atoms with van der Waals surface area (Å²) in [6, 6.07) is 22.4. The summed E-state index contributed by atoms with van der Waals surface area (Å²) >= 11 is 0. The van der Waals surface area contributed by atoms with E-state index in [0.29, 0.717) is 22.5 Å². The highest BCUT2D eigenvalue weighted by atomic mass is 31.1. The highest BCUT2D eigenvalue weighted by Gasteiger charge is 2.25. The number of nitrogens with zero attached hydrogens (tertiary/aromatic N) is 4. The van der Waals surface area contributed by atoms with Crippen LogP contribution >= 0.6 is 8.25 Å². The number of amides is 2. The molecule has 0 aliphatic rings. The number of carbonyl (C=O) groups excluding carboxylic acids is 2. The van der Waals surface area contributed by atoms with Gasteiger partial charge in [0.15, 0.2) is 23.1 Å². The number of benzene rings is 2. The first-order chi connectivity index (χ1) is 25.1. The summed E-state index contributed by atoms with van der Waals surface area (Å²) in [4.78, 5) is 72.5. The van der Waals surface area contributed by atoms with Gasteiger partial charge in [-0.15, -0.1) is 0 Å². The number of hydrogen-bond acceptors (Lipinski definition) is 11. The molecule has 4 aromatic heterocycles. The minimum Gasteiger partial charge on any atom is -0.345 e. The number of rotatable bonds is 12. The van der Waals surface area contributed by atoms with Crippen molar-refractivity contribution in [3.63, 3.8) is 0 Å². The first-order valence-corrected chi connectivity index (χ1v) is 16.9. The maximum absolute atomic E-state index is 12.8. The molecule has 0 aliphatic carbocycles. The lowest BCUT2D eigenvalue weighted by Crippen LogP contribution is -2.32. The van der Waals surface area contributed by atoms with Gasteiger partial charge in [0.25, 0.3) is 22.9 Å². The van der Waals surface area contributed by atoms with Crippen LogP contribution in [0, 0.1) is 0 Å². The second-order valence-electron chi connectivity index (χ2n) is 11.3. The lowest BCUT2D eigenvalue weighted by atomic mass is 10.1. The molecule has 6 rings (SSSR count). The Labute approximate surface area is 296 Å². The van der Waals surface area contributed by atoms with Crippen LogP contribution in [0.1, 0.15) is 57.8 Å². The van der Waals surface area contributed by atoms with Crippen LogP contribution in [0.25, 0.3) is 23.0 Å². The van der Waals surface area contributed by atoms with Crippen LogP contribution in [0.3, 0.4) is 0 Å². The first-order valence-electron chi connectivity index (χ1n) is 15.8. The third kappa shape index (κ3) is 8.46. The van der Waals surface area contributed by atoms with Crippen molar-refractivity contribution in [1.82, 2.24) is 40.5 Å². The summed E-state index contributed by atoms with van der Waals surface area (Å²) < 4.78 is 23.5. The number of carbonyl (C=O) groups is 2. The highest BCUT2D eigenvalue weighted by Crippen LogP contribution is 2.32. The first kappa shape index (κ1) is 35.0. The van der Waals surface area contributed by atoms with Crippen LogP contribution < -0.4 is 30.8 Å². The zero-order valence-corrected chi connectivity index (χ0v) is 28.5. The fourth-order valence-electron chi connectivity index (χ4n) is 4.92. The topological polar surface area (TPSA) is 211 Å². The summed E-state index contributed by atoms with van der Waals surface area (Å²) in [6.07, 6.45) is 5.55. The van der Waals surface area contributed by atoms with Gasteiger partial charge in [0.05, 0.1) is 12.1 Å².